The molecule has 0 radical (unpaired) electrons. The monoisotopic (exact) mass is 843 g/mol. The summed E-state index contributed by atoms with van der Waals surface area (Å²) in [6.07, 6.45) is 6.49. The number of fused-ring (bicyclic) bond motifs is 1. The number of amides is 3. The first kappa shape index (κ1) is 42.0. The minimum absolute atomic E-state index is 0.0560. The number of halogens is 5. The number of piperazine rings is 1. The number of aromatic nitrogens is 3. The molecule has 3 aliphatic heterocycles. The third-order valence-corrected chi connectivity index (χ3v) is 11.6. The van der Waals surface area contributed by atoms with Crippen molar-refractivity contribution >= 4 is 46.7 Å². The van der Waals surface area contributed by atoms with Gasteiger partial charge in [-0.15, -0.1) is 0 Å². The number of quaternary nitrogens is 1. The van der Waals surface area contributed by atoms with Crippen molar-refractivity contribution in [2.24, 2.45) is 11.8 Å². The van der Waals surface area contributed by atoms with Crippen molar-refractivity contribution in [2.45, 2.75) is 52.2 Å². The summed E-state index contributed by atoms with van der Waals surface area (Å²) in [5.41, 5.74) is 0.407. The predicted octanol–water partition coefficient (Wildman–Crippen LogP) is 7.07. The number of ether oxygens (including phenoxy) is 2. The number of piperidine rings is 1. The molecular formula is C41H48ClF4N8O5+. The van der Waals surface area contributed by atoms with Gasteiger partial charge in [-0.25, -0.2) is 19.2 Å². The van der Waals surface area contributed by atoms with Crippen LogP contribution in [-0.2, 0) is 9.53 Å². The lowest BCUT2D eigenvalue weighted by atomic mass is 9.92. The van der Waals surface area contributed by atoms with E-state index in [1.165, 1.54) is 23.0 Å². The van der Waals surface area contributed by atoms with E-state index < -0.39 is 29.6 Å². The van der Waals surface area contributed by atoms with Crippen LogP contribution in [0.1, 0.15) is 50.4 Å². The van der Waals surface area contributed by atoms with Crippen molar-refractivity contribution in [3.63, 3.8) is 0 Å². The second-order valence-corrected chi connectivity index (χ2v) is 17.2. The molecule has 316 valence electrons. The van der Waals surface area contributed by atoms with Crippen molar-refractivity contribution < 1.29 is 45.9 Å². The first-order valence-corrected chi connectivity index (χ1v) is 20.1. The fourth-order valence-electron chi connectivity index (χ4n) is 8.30. The zero-order valence-corrected chi connectivity index (χ0v) is 34.2. The van der Waals surface area contributed by atoms with Gasteiger partial charge in [0.15, 0.2) is 23.0 Å². The third-order valence-electron chi connectivity index (χ3n) is 11.3. The minimum atomic E-state index is -3.32. The highest BCUT2D eigenvalue weighted by Gasteiger charge is 2.40. The number of alkyl halides is 2. The number of likely N-dealkylation sites (tertiary alicyclic amines) is 2. The Morgan fingerprint density at radius 3 is 2.34 bits per heavy atom. The van der Waals surface area contributed by atoms with E-state index in [9.17, 15) is 31.9 Å². The van der Waals surface area contributed by atoms with Gasteiger partial charge in [-0.3, -0.25) is 14.0 Å². The Hall–Kier alpha value is -5.16. The van der Waals surface area contributed by atoms with Crippen molar-refractivity contribution in [3.05, 3.63) is 71.1 Å². The highest BCUT2D eigenvalue weighted by atomic mass is 35.5. The van der Waals surface area contributed by atoms with Gasteiger partial charge < -0.3 is 34.0 Å². The molecule has 2 aromatic carbocycles. The highest BCUT2D eigenvalue weighted by molar-refractivity contribution is 6.34. The lowest BCUT2D eigenvalue weighted by Crippen LogP contribution is -2.56. The van der Waals surface area contributed by atoms with Crippen LogP contribution in [0.2, 0.25) is 5.02 Å². The van der Waals surface area contributed by atoms with Crippen LogP contribution in [0.15, 0.2) is 48.9 Å². The number of imidazole rings is 1. The van der Waals surface area contributed by atoms with E-state index in [0.717, 1.165) is 55.5 Å². The molecule has 18 heteroatoms. The highest BCUT2D eigenvalue weighted by Crippen LogP contribution is 2.34. The van der Waals surface area contributed by atoms with Gasteiger partial charge in [0.1, 0.15) is 5.60 Å². The second-order valence-electron chi connectivity index (χ2n) is 16.8. The van der Waals surface area contributed by atoms with Crippen LogP contribution in [0.3, 0.4) is 0 Å². The molecule has 2 aromatic heterocycles. The Bertz CT molecular complexity index is 2220. The molecule has 7 rings (SSSR count). The first-order valence-electron chi connectivity index (χ1n) is 19.7. The Kier molecular flexibility index (Phi) is 12.0. The number of nitrogens with one attached hydrogen (secondary N) is 1. The largest absolute Gasteiger partial charge is 0.444 e. The maximum absolute atomic E-state index is 14.9. The van der Waals surface area contributed by atoms with E-state index in [1.807, 2.05) is 30.6 Å². The minimum Gasteiger partial charge on any atom is -0.444 e. The van der Waals surface area contributed by atoms with Crippen LogP contribution in [0.25, 0.3) is 16.9 Å². The first-order chi connectivity index (χ1) is 28.0. The van der Waals surface area contributed by atoms with E-state index in [0.29, 0.717) is 56.4 Å². The summed E-state index contributed by atoms with van der Waals surface area (Å²) in [6.45, 7) is 8.07. The van der Waals surface area contributed by atoms with Crippen LogP contribution < -0.4 is 10.1 Å². The van der Waals surface area contributed by atoms with Gasteiger partial charge in [0.25, 0.3) is 5.91 Å². The summed E-state index contributed by atoms with van der Waals surface area (Å²) >= 11 is 6.64. The number of benzene rings is 2. The van der Waals surface area contributed by atoms with Gasteiger partial charge in [0.2, 0.25) is 11.7 Å². The summed E-state index contributed by atoms with van der Waals surface area (Å²) in [6, 6.07) is 6.86. The van der Waals surface area contributed by atoms with Gasteiger partial charge in [0.05, 0.1) is 49.2 Å². The van der Waals surface area contributed by atoms with Crippen molar-refractivity contribution in [3.8, 4) is 17.0 Å². The summed E-state index contributed by atoms with van der Waals surface area (Å²) in [7, 11) is 2.25. The summed E-state index contributed by atoms with van der Waals surface area (Å²) in [4.78, 5) is 53.8. The Labute approximate surface area is 344 Å². The van der Waals surface area contributed by atoms with Gasteiger partial charge in [-0.05, 0) is 57.5 Å². The SMILES string of the molecule is CC(C)(C)OC(=O)N1CCC(C[N+]2(C)CCC(C(=O)N3CCN(C(=O)c4ccc(Nc5nccn6c(-c7ccc(OC(F)F)c(F)c7F)cnc56)cc4Cl)CC3)CC2)C1. The van der Waals surface area contributed by atoms with E-state index in [4.69, 9.17) is 16.3 Å². The molecule has 3 saturated heterocycles. The number of carbonyl (C=O) groups excluding carboxylic acids is 3. The number of nitrogens with zero attached hydrogens (tertiary/aromatic N) is 7. The molecule has 59 heavy (non-hydrogen) atoms. The zero-order valence-electron chi connectivity index (χ0n) is 33.4. The molecule has 1 N–H and O–H groups in total. The molecule has 1 atom stereocenters. The van der Waals surface area contributed by atoms with Gasteiger partial charge >= 0.3 is 12.7 Å². The Morgan fingerprint density at radius 2 is 1.66 bits per heavy atom. The maximum atomic E-state index is 14.9. The molecule has 3 amide bonds. The molecule has 1 unspecified atom stereocenters. The molecule has 4 aromatic rings. The van der Waals surface area contributed by atoms with Crippen molar-refractivity contribution in [2.75, 3.05) is 71.3 Å². The zero-order chi connectivity index (χ0) is 42.2. The molecule has 3 fully saturated rings. The molecule has 3 aliphatic rings. The van der Waals surface area contributed by atoms with Crippen molar-refractivity contribution in [1.82, 2.24) is 29.1 Å². The predicted molar refractivity (Wildman–Crippen MR) is 212 cm³/mol. The third kappa shape index (κ3) is 9.35. The average molecular weight is 844 g/mol. The Balaban J connectivity index is 0.909. The molecular weight excluding hydrogens is 796 g/mol. The molecule has 13 nitrogen and oxygen atoms in total. The summed E-state index contributed by atoms with van der Waals surface area (Å²) in [5, 5.41) is 3.29. The number of hydrogen-bond acceptors (Lipinski definition) is 8. The molecule has 5 heterocycles. The van der Waals surface area contributed by atoms with E-state index in [-0.39, 0.29) is 51.6 Å². The van der Waals surface area contributed by atoms with Crippen LogP contribution in [0.4, 0.5) is 33.9 Å². The average Bonchev–Trinajstić information content (AvgIpc) is 3.84. The van der Waals surface area contributed by atoms with E-state index in [1.54, 1.807) is 23.1 Å². The quantitative estimate of drug-likeness (QED) is 0.140. The Morgan fingerprint density at radius 1 is 0.949 bits per heavy atom. The summed E-state index contributed by atoms with van der Waals surface area (Å²) < 4.78 is 66.6. The smallest absolute Gasteiger partial charge is 0.410 e. The van der Waals surface area contributed by atoms with Crippen molar-refractivity contribution in [1.29, 1.82) is 0 Å². The molecule has 0 aliphatic carbocycles. The number of hydrogen-bond donors (Lipinski definition) is 1. The maximum Gasteiger partial charge on any atom is 0.410 e. The van der Waals surface area contributed by atoms with E-state index in [2.05, 4.69) is 27.1 Å². The lowest BCUT2D eigenvalue weighted by Gasteiger charge is -2.43. The van der Waals surface area contributed by atoms with Crippen LogP contribution in [0, 0.1) is 23.5 Å². The number of carbonyl (C=O) groups is 3. The molecule has 0 bridgehead atoms. The molecule has 0 saturated carbocycles. The van der Waals surface area contributed by atoms with Crippen LogP contribution in [0.5, 0.6) is 5.75 Å². The lowest BCUT2D eigenvalue weighted by molar-refractivity contribution is -0.917. The normalized spacial score (nSPS) is 21.3. The number of anilines is 2. The van der Waals surface area contributed by atoms with Crippen LogP contribution >= 0.6 is 11.6 Å². The van der Waals surface area contributed by atoms with Gasteiger partial charge in [-0.2, -0.15) is 13.2 Å². The fourth-order valence-corrected chi connectivity index (χ4v) is 8.56. The van der Waals surface area contributed by atoms with Gasteiger partial charge in [-0.1, -0.05) is 11.6 Å². The fraction of sp³-hybridized carbons (Fsp3) is 0.488. The van der Waals surface area contributed by atoms with Crippen LogP contribution in [-0.4, -0.2) is 130 Å². The molecule has 0 spiro atoms. The summed E-state index contributed by atoms with van der Waals surface area (Å²) in [5.74, 6) is -3.38. The van der Waals surface area contributed by atoms with Gasteiger partial charge in [0, 0.05) is 87.6 Å². The topological polar surface area (TPSA) is 122 Å². The number of rotatable bonds is 9. The van der Waals surface area contributed by atoms with E-state index >= 15 is 0 Å². The second kappa shape index (κ2) is 16.8. The standard InChI is InChI=1S/C41H47ClF4N8O5/c1-41(2,3)59-40(57)52-13-9-25(23-52)24-54(4)19-10-26(11-20-54)37(55)50-15-17-51(18-16-50)38(56)28-6-5-27(21-30(28)42)49-35-36-48-22-31(53(36)14-12-47-35)29-7-8-32(58-39(45)46)34(44)33(29)43/h5-8,12,14,21-22,25-26,39H,9-11,13,15-20,23-24H2,1-4H3/p+1.